The Hall–Kier alpha value is -2.12. The number of carbonyl (C=O) groups excluding carboxylic acids is 1. The van der Waals surface area contributed by atoms with Crippen molar-refractivity contribution in [1.82, 2.24) is 20.1 Å². The van der Waals surface area contributed by atoms with E-state index in [4.69, 9.17) is 4.74 Å². The Labute approximate surface area is 110 Å². The predicted molar refractivity (Wildman–Crippen MR) is 68.2 cm³/mol. The van der Waals surface area contributed by atoms with Crippen LogP contribution in [0.3, 0.4) is 0 Å². The van der Waals surface area contributed by atoms with Crippen LogP contribution in [0.2, 0.25) is 0 Å². The van der Waals surface area contributed by atoms with Gasteiger partial charge >= 0.3 is 11.8 Å². The van der Waals surface area contributed by atoms with Crippen LogP contribution in [0.4, 0.5) is 10.6 Å². The number of hydrogen-bond donors (Lipinski definition) is 1. The highest BCUT2D eigenvalue weighted by molar-refractivity contribution is 5.68. The summed E-state index contributed by atoms with van der Waals surface area (Å²) >= 11 is 0. The number of anilines is 1. The fraction of sp³-hybridized carbons (Fsp3) is 0.636. The minimum atomic E-state index is -0.464. The third-order valence-electron chi connectivity index (χ3n) is 2.96. The molecule has 0 atom stereocenters. The molecule has 1 N–H and O–H groups in total. The normalized spacial score (nSPS) is 15.5. The van der Waals surface area contributed by atoms with Gasteiger partial charge in [-0.1, -0.05) is 0 Å². The Morgan fingerprint density at radius 1 is 1.37 bits per heavy atom. The molecule has 0 aromatic carbocycles. The SMILES string of the molecule is CCOC(=O)N1CCN(c2nc(=O)[nH]nc2C)CC1. The molecule has 1 aliphatic heterocycles. The van der Waals surface area contributed by atoms with E-state index in [1.807, 2.05) is 4.90 Å². The lowest BCUT2D eigenvalue weighted by molar-refractivity contribution is 0.105. The molecule has 0 saturated carbocycles. The Morgan fingerprint density at radius 2 is 2.05 bits per heavy atom. The lowest BCUT2D eigenvalue weighted by Gasteiger charge is -2.34. The summed E-state index contributed by atoms with van der Waals surface area (Å²) in [5.41, 5.74) is 0.206. The second-order valence-electron chi connectivity index (χ2n) is 4.22. The van der Waals surface area contributed by atoms with Gasteiger partial charge in [0.25, 0.3) is 0 Å². The van der Waals surface area contributed by atoms with Gasteiger partial charge in [0.05, 0.1) is 6.61 Å². The Morgan fingerprint density at radius 3 is 2.68 bits per heavy atom. The average Bonchev–Trinajstić information content (AvgIpc) is 2.42. The van der Waals surface area contributed by atoms with Gasteiger partial charge in [0, 0.05) is 26.2 Å². The molecule has 1 aliphatic rings. The van der Waals surface area contributed by atoms with E-state index in [1.165, 1.54) is 0 Å². The maximum absolute atomic E-state index is 11.6. The fourth-order valence-corrected chi connectivity index (χ4v) is 2.00. The molecule has 104 valence electrons. The van der Waals surface area contributed by atoms with Crippen molar-refractivity contribution >= 4 is 11.9 Å². The van der Waals surface area contributed by atoms with Crippen molar-refractivity contribution in [3.05, 3.63) is 16.2 Å². The van der Waals surface area contributed by atoms with Crippen LogP contribution in [0.25, 0.3) is 0 Å². The number of rotatable bonds is 2. The zero-order chi connectivity index (χ0) is 13.8. The topological polar surface area (TPSA) is 91.4 Å². The zero-order valence-corrected chi connectivity index (χ0v) is 11.0. The number of aromatic amines is 1. The molecule has 0 spiro atoms. The molecular weight excluding hydrogens is 250 g/mol. The number of aromatic nitrogens is 3. The molecule has 1 aromatic rings. The van der Waals surface area contributed by atoms with E-state index < -0.39 is 5.69 Å². The van der Waals surface area contributed by atoms with E-state index in [0.717, 1.165) is 0 Å². The molecule has 0 bridgehead atoms. The van der Waals surface area contributed by atoms with Crippen molar-refractivity contribution in [1.29, 1.82) is 0 Å². The van der Waals surface area contributed by atoms with Gasteiger partial charge in [0.1, 0.15) is 5.69 Å². The van der Waals surface area contributed by atoms with E-state index in [9.17, 15) is 9.59 Å². The highest BCUT2D eigenvalue weighted by Gasteiger charge is 2.23. The third-order valence-corrected chi connectivity index (χ3v) is 2.96. The molecule has 1 saturated heterocycles. The van der Waals surface area contributed by atoms with Crippen LogP contribution in [0, 0.1) is 6.92 Å². The molecule has 19 heavy (non-hydrogen) atoms. The Bertz CT molecular complexity index is 507. The largest absolute Gasteiger partial charge is 0.450 e. The number of nitrogens with one attached hydrogen (secondary N) is 1. The van der Waals surface area contributed by atoms with Gasteiger partial charge < -0.3 is 14.5 Å². The van der Waals surface area contributed by atoms with Gasteiger partial charge in [-0.25, -0.2) is 14.7 Å². The van der Waals surface area contributed by atoms with E-state index in [0.29, 0.717) is 44.3 Å². The molecule has 1 aromatic heterocycles. The van der Waals surface area contributed by atoms with Gasteiger partial charge in [0.15, 0.2) is 5.82 Å². The highest BCUT2D eigenvalue weighted by atomic mass is 16.6. The standard InChI is InChI=1S/C11H17N5O3/c1-3-19-11(18)16-6-4-15(5-7-16)9-8(2)13-14-10(17)12-9/h3-7H2,1-2H3,(H,12,14,17). The van der Waals surface area contributed by atoms with Crippen molar-refractivity contribution in [2.75, 3.05) is 37.7 Å². The van der Waals surface area contributed by atoms with Gasteiger partial charge in [-0.2, -0.15) is 10.1 Å². The number of ether oxygens (including phenoxy) is 1. The molecule has 8 nitrogen and oxygen atoms in total. The van der Waals surface area contributed by atoms with Crippen LogP contribution in [0.15, 0.2) is 4.79 Å². The molecule has 2 heterocycles. The summed E-state index contributed by atoms with van der Waals surface area (Å²) < 4.78 is 4.95. The van der Waals surface area contributed by atoms with Gasteiger partial charge in [0.2, 0.25) is 0 Å². The maximum Gasteiger partial charge on any atom is 0.409 e. The number of carbonyl (C=O) groups is 1. The smallest absolute Gasteiger partial charge is 0.409 e. The summed E-state index contributed by atoms with van der Waals surface area (Å²) in [7, 11) is 0. The highest BCUT2D eigenvalue weighted by Crippen LogP contribution is 2.14. The molecular formula is C11H17N5O3. The van der Waals surface area contributed by atoms with Crippen LogP contribution in [-0.4, -0.2) is 59.0 Å². The molecule has 8 heteroatoms. The minimum Gasteiger partial charge on any atom is -0.450 e. The number of nitrogens with zero attached hydrogens (tertiary/aromatic N) is 4. The maximum atomic E-state index is 11.6. The van der Waals surface area contributed by atoms with Crippen LogP contribution in [-0.2, 0) is 4.74 Å². The van der Waals surface area contributed by atoms with Crippen LogP contribution >= 0.6 is 0 Å². The number of piperazine rings is 1. The van der Waals surface area contributed by atoms with Crippen LogP contribution < -0.4 is 10.6 Å². The second-order valence-corrected chi connectivity index (χ2v) is 4.22. The summed E-state index contributed by atoms with van der Waals surface area (Å²) in [5.74, 6) is 0.576. The molecule has 0 radical (unpaired) electrons. The van der Waals surface area contributed by atoms with Crippen LogP contribution in [0.1, 0.15) is 12.6 Å². The van der Waals surface area contributed by atoms with Crippen molar-refractivity contribution in [3.8, 4) is 0 Å². The summed E-state index contributed by atoms with van der Waals surface area (Å²) in [5, 5.41) is 6.19. The lowest BCUT2D eigenvalue weighted by Crippen LogP contribution is -2.49. The number of amides is 1. The lowest BCUT2D eigenvalue weighted by atomic mass is 10.3. The number of aryl methyl sites for hydroxylation is 1. The first kappa shape index (κ1) is 13.3. The fourth-order valence-electron chi connectivity index (χ4n) is 2.00. The molecule has 2 rings (SSSR count). The van der Waals surface area contributed by atoms with Crippen LogP contribution in [0.5, 0.6) is 0 Å². The summed E-state index contributed by atoms with van der Waals surface area (Å²) in [6, 6.07) is 0. The zero-order valence-electron chi connectivity index (χ0n) is 11.0. The van der Waals surface area contributed by atoms with E-state index in [2.05, 4.69) is 15.2 Å². The quantitative estimate of drug-likeness (QED) is 0.794. The third kappa shape index (κ3) is 3.01. The summed E-state index contributed by atoms with van der Waals surface area (Å²) in [6.07, 6.45) is -0.295. The number of H-pyrrole nitrogens is 1. The van der Waals surface area contributed by atoms with E-state index >= 15 is 0 Å². The molecule has 0 aliphatic carbocycles. The van der Waals surface area contributed by atoms with Crippen molar-refractivity contribution < 1.29 is 9.53 Å². The van der Waals surface area contributed by atoms with Gasteiger partial charge in [-0.05, 0) is 13.8 Å². The first-order valence-electron chi connectivity index (χ1n) is 6.21. The van der Waals surface area contributed by atoms with Gasteiger partial charge in [-0.3, -0.25) is 0 Å². The predicted octanol–water partition coefficient (Wildman–Crippen LogP) is -0.248. The number of hydrogen-bond acceptors (Lipinski definition) is 6. The van der Waals surface area contributed by atoms with Crippen molar-refractivity contribution in [2.45, 2.75) is 13.8 Å². The van der Waals surface area contributed by atoms with E-state index in [1.54, 1.807) is 18.7 Å². The Kier molecular flexibility index (Phi) is 3.98. The Balaban J connectivity index is 2.02. The second kappa shape index (κ2) is 5.68. The first-order chi connectivity index (χ1) is 9.11. The van der Waals surface area contributed by atoms with Crippen molar-refractivity contribution in [3.63, 3.8) is 0 Å². The average molecular weight is 267 g/mol. The molecule has 0 unspecified atom stereocenters. The van der Waals surface area contributed by atoms with Crippen molar-refractivity contribution in [2.24, 2.45) is 0 Å². The molecule has 1 amide bonds. The monoisotopic (exact) mass is 267 g/mol. The molecule has 1 fully saturated rings. The minimum absolute atomic E-state index is 0.295. The first-order valence-corrected chi connectivity index (χ1v) is 6.21. The summed E-state index contributed by atoms with van der Waals surface area (Å²) in [4.78, 5) is 30.3. The van der Waals surface area contributed by atoms with Gasteiger partial charge in [-0.15, -0.1) is 0 Å². The van der Waals surface area contributed by atoms with E-state index in [-0.39, 0.29) is 6.09 Å². The summed E-state index contributed by atoms with van der Waals surface area (Å²) in [6.45, 7) is 6.26.